The van der Waals surface area contributed by atoms with Gasteiger partial charge in [-0.3, -0.25) is 14.4 Å². The summed E-state index contributed by atoms with van der Waals surface area (Å²) in [5, 5.41) is 3.07. The average Bonchev–Trinajstić information content (AvgIpc) is 2.92. The predicted molar refractivity (Wildman–Crippen MR) is 92.1 cm³/mol. The second kappa shape index (κ2) is 7.70. The van der Waals surface area contributed by atoms with Crippen LogP contribution in [0.3, 0.4) is 0 Å². The van der Waals surface area contributed by atoms with Gasteiger partial charge >= 0.3 is 0 Å². The molecule has 8 heteroatoms. The van der Waals surface area contributed by atoms with Gasteiger partial charge in [-0.2, -0.15) is 0 Å². The van der Waals surface area contributed by atoms with E-state index in [1.54, 1.807) is 37.2 Å². The number of hydrogen-bond donors (Lipinski definition) is 1. The second-order valence-corrected chi connectivity index (χ2v) is 6.75. The van der Waals surface area contributed by atoms with E-state index in [0.29, 0.717) is 29.4 Å². The van der Waals surface area contributed by atoms with Gasteiger partial charge in [0.05, 0.1) is 10.7 Å². The highest BCUT2D eigenvalue weighted by Crippen LogP contribution is 2.24. The van der Waals surface area contributed by atoms with Crippen LogP contribution >= 0.6 is 23.4 Å². The summed E-state index contributed by atoms with van der Waals surface area (Å²) in [7, 11) is 3.31. The Bertz CT molecular complexity index is 636. The van der Waals surface area contributed by atoms with Crippen molar-refractivity contribution in [2.45, 2.75) is 6.42 Å². The van der Waals surface area contributed by atoms with Crippen molar-refractivity contribution in [2.24, 2.45) is 0 Å². The van der Waals surface area contributed by atoms with Crippen molar-refractivity contribution in [1.29, 1.82) is 0 Å². The number of nitrogens with zero attached hydrogens (tertiary/aromatic N) is 2. The lowest BCUT2D eigenvalue weighted by molar-refractivity contribution is -0.116. The van der Waals surface area contributed by atoms with Crippen LogP contribution in [-0.4, -0.2) is 59.8 Å². The zero-order valence-electron chi connectivity index (χ0n) is 13.0. The van der Waals surface area contributed by atoms with E-state index in [2.05, 4.69) is 5.32 Å². The van der Waals surface area contributed by atoms with E-state index in [9.17, 15) is 14.4 Å². The Morgan fingerprint density at radius 3 is 2.74 bits per heavy atom. The molecular weight excluding hydrogens is 338 g/mol. The number of benzene rings is 1. The number of anilines is 1. The summed E-state index contributed by atoms with van der Waals surface area (Å²) in [5.74, 6) is 0.351. The van der Waals surface area contributed by atoms with Crippen molar-refractivity contribution >= 4 is 46.1 Å². The third-order valence-corrected chi connectivity index (χ3v) is 4.57. The number of carbonyl (C=O) groups is 3. The van der Waals surface area contributed by atoms with Crippen LogP contribution in [0.4, 0.5) is 10.5 Å². The predicted octanol–water partition coefficient (Wildman–Crippen LogP) is 2.54. The molecule has 1 N–H and O–H groups in total. The monoisotopic (exact) mass is 355 g/mol. The number of amides is 3. The molecule has 23 heavy (non-hydrogen) atoms. The fourth-order valence-electron chi connectivity index (χ4n) is 2.09. The third kappa shape index (κ3) is 4.62. The van der Waals surface area contributed by atoms with E-state index < -0.39 is 0 Å². The van der Waals surface area contributed by atoms with Gasteiger partial charge in [0.15, 0.2) is 0 Å². The van der Waals surface area contributed by atoms with Crippen LogP contribution in [0.15, 0.2) is 18.2 Å². The smallest absolute Gasteiger partial charge is 0.281 e. The fraction of sp³-hybridized carbons (Fsp3) is 0.400. The van der Waals surface area contributed by atoms with E-state index in [1.165, 1.54) is 16.7 Å². The van der Waals surface area contributed by atoms with Crippen molar-refractivity contribution in [3.8, 4) is 0 Å². The van der Waals surface area contributed by atoms with Crippen LogP contribution in [0.2, 0.25) is 5.02 Å². The maximum atomic E-state index is 12.0. The first-order chi connectivity index (χ1) is 10.9. The van der Waals surface area contributed by atoms with Gasteiger partial charge in [-0.05, 0) is 18.2 Å². The topological polar surface area (TPSA) is 69.7 Å². The highest BCUT2D eigenvalue weighted by atomic mass is 35.5. The van der Waals surface area contributed by atoms with Crippen LogP contribution in [0, 0.1) is 0 Å². The Morgan fingerprint density at radius 1 is 1.39 bits per heavy atom. The minimum Gasteiger partial charge on any atom is -0.345 e. The van der Waals surface area contributed by atoms with Crippen molar-refractivity contribution in [3.63, 3.8) is 0 Å². The summed E-state index contributed by atoms with van der Waals surface area (Å²) in [4.78, 5) is 38.6. The molecule has 1 aromatic rings. The van der Waals surface area contributed by atoms with E-state index in [0.717, 1.165) is 5.75 Å². The summed E-state index contributed by atoms with van der Waals surface area (Å²) in [6, 6.07) is 4.74. The number of hydrogen-bond acceptors (Lipinski definition) is 4. The molecule has 0 spiro atoms. The number of carbonyl (C=O) groups excluding carboxylic acids is 3. The SMILES string of the molecule is CN(C)C(=O)c1ccc(Cl)c(NC(=O)CCN2CCSC2=O)c1. The summed E-state index contributed by atoms with van der Waals surface area (Å²) in [6.07, 6.45) is 0.189. The molecule has 1 aromatic carbocycles. The highest BCUT2D eigenvalue weighted by molar-refractivity contribution is 8.13. The zero-order valence-corrected chi connectivity index (χ0v) is 14.5. The maximum absolute atomic E-state index is 12.0. The Hall–Kier alpha value is -1.73. The van der Waals surface area contributed by atoms with Crippen molar-refractivity contribution in [2.75, 3.05) is 38.3 Å². The van der Waals surface area contributed by atoms with E-state index in [4.69, 9.17) is 11.6 Å². The second-order valence-electron chi connectivity index (χ2n) is 5.29. The quantitative estimate of drug-likeness (QED) is 0.881. The van der Waals surface area contributed by atoms with E-state index >= 15 is 0 Å². The van der Waals surface area contributed by atoms with Gasteiger partial charge in [0.25, 0.3) is 11.1 Å². The van der Waals surface area contributed by atoms with Gasteiger partial charge in [-0.15, -0.1) is 0 Å². The number of nitrogens with one attached hydrogen (secondary N) is 1. The average molecular weight is 356 g/mol. The molecule has 6 nitrogen and oxygen atoms in total. The first-order valence-corrected chi connectivity index (χ1v) is 8.47. The lowest BCUT2D eigenvalue weighted by atomic mass is 10.1. The van der Waals surface area contributed by atoms with Crippen LogP contribution in [-0.2, 0) is 4.79 Å². The molecule has 1 saturated heterocycles. The zero-order chi connectivity index (χ0) is 17.0. The van der Waals surface area contributed by atoms with Crippen LogP contribution in [0.1, 0.15) is 16.8 Å². The molecule has 0 aliphatic carbocycles. The molecule has 1 aliphatic rings. The van der Waals surface area contributed by atoms with Gasteiger partial charge in [0, 0.05) is 44.9 Å². The van der Waals surface area contributed by atoms with Gasteiger partial charge < -0.3 is 15.1 Å². The molecule has 0 radical (unpaired) electrons. The van der Waals surface area contributed by atoms with Gasteiger partial charge in [-0.1, -0.05) is 23.4 Å². The Balaban J connectivity index is 1.98. The van der Waals surface area contributed by atoms with Crippen LogP contribution in [0.5, 0.6) is 0 Å². The first kappa shape index (κ1) is 17.6. The van der Waals surface area contributed by atoms with Crippen LogP contribution in [0.25, 0.3) is 0 Å². The minimum atomic E-state index is -0.244. The van der Waals surface area contributed by atoms with Gasteiger partial charge in [0.1, 0.15) is 0 Å². The number of rotatable bonds is 5. The molecule has 1 heterocycles. The lowest BCUT2D eigenvalue weighted by Gasteiger charge is -2.15. The Morgan fingerprint density at radius 2 is 2.13 bits per heavy atom. The lowest BCUT2D eigenvalue weighted by Crippen LogP contribution is -2.28. The molecule has 0 aromatic heterocycles. The highest BCUT2D eigenvalue weighted by Gasteiger charge is 2.21. The van der Waals surface area contributed by atoms with Gasteiger partial charge in [-0.25, -0.2) is 0 Å². The summed E-state index contributed by atoms with van der Waals surface area (Å²) in [5.41, 5.74) is 0.840. The van der Waals surface area contributed by atoms with Gasteiger partial charge in [0.2, 0.25) is 5.91 Å². The normalized spacial score (nSPS) is 14.0. The maximum Gasteiger partial charge on any atom is 0.281 e. The van der Waals surface area contributed by atoms with Crippen LogP contribution < -0.4 is 5.32 Å². The standard InChI is InChI=1S/C15H18ClN3O3S/c1-18(2)14(21)10-3-4-11(16)12(9-10)17-13(20)5-6-19-7-8-23-15(19)22/h3-4,9H,5-8H2,1-2H3,(H,17,20). The first-order valence-electron chi connectivity index (χ1n) is 7.11. The Kier molecular flexibility index (Phi) is 5.90. The molecule has 0 bridgehead atoms. The molecule has 0 atom stereocenters. The third-order valence-electron chi connectivity index (χ3n) is 3.35. The summed E-state index contributed by atoms with van der Waals surface area (Å²) < 4.78 is 0. The molecule has 1 aliphatic heterocycles. The minimum absolute atomic E-state index is 0.00871. The molecule has 1 fully saturated rings. The fourth-order valence-corrected chi connectivity index (χ4v) is 3.11. The molecule has 124 valence electrons. The van der Waals surface area contributed by atoms with E-state index in [-0.39, 0.29) is 23.5 Å². The number of halogens is 1. The molecule has 3 amide bonds. The Labute approximate surface area is 144 Å². The summed E-state index contributed by atoms with van der Waals surface area (Å²) >= 11 is 7.33. The number of thioether (sulfide) groups is 1. The summed E-state index contributed by atoms with van der Waals surface area (Å²) in [6.45, 7) is 1.05. The molecule has 0 saturated carbocycles. The largest absolute Gasteiger partial charge is 0.345 e. The molecule has 2 rings (SSSR count). The molecule has 0 unspecified atom stereocenters. The van der Waals surface area contributed by atoms with Crippen molar-refractivity contribution in [3.05, 3.63) is 28.8 Å². The molecular formula is C15H18ClN3O3S. The van der Waals surface area contributed by atoms with E-state index in [1.807, 2.05) is 0 Å². The van der Waals surface area contributed by atoms with Crippen molar-refractivity contribution < 1.29 is 14.4 Å². The van der Waals surface area contributed by atoms with Crippen molar-refractivity contribution in [1.82, 2.24) is 9.80 Å².